The molecule has 2 aliphatic rings. The van der Waals surface area contributed by atoms with E-state index in [2.05, 4.69) is 15.2 Å². The molecule has 2 heterocycles. The molecule has 0 bridgehead atoms. The van der Waals surface area contributed by atoms with Gasteiger partial charge in [-0.25, -0.2) is 4.98 Å². The molecule has 1 aromatic rings. The normalized spacial score (nSPS) is 25.8. The molecule has 1 N–H and O–H groups in total. The van der Waals surface area contributed by atoms with Gasteiger partial charge in [0, 0.05) is 24.9 Å². The molecule has 5 heteroatoms. The van der Waals surface area contributed by atoms with Crippen LogP contribution in [0.5, 0.6) is 0 Å². The van der Waals surface area contributed by atoms with Crippen LogP contribution in [-0.4, -0.2) is 39.1 Å². The number of carbonyl (C=O) groups is 1. The van der Waals surface area contributed by atoms with Crippen LogP contribution in [0.3, 0.4) is 0 Å². The van der Waals surface area contributed by atoms with Crippen LogP contribution in [0.4, 0.5) is 0 Å². The molecule has 1 aliphatic carbocycles. The van der Waals surface area contributed by atoms with Crippen LogP contribution in [0.1, 0.15) is 37.4 Å². The van der Waals surface area contributed by atoms with Crippen LogP contribution in [0.15, 0.2) is 6.33 Å². The van der Waals surface area contributed by atoms with Crippen LogP contribution < -0.4 is 0 Å². The molecule has 5 nitrogen and oxygen atoms in total. The molecular weight excluding hydrogens is 204 g/mol. The summed E-state index contributed by atoms with van der Waals surface area (Å²) in [6.07, 6.45) is 5.93. The van der Waals surface area contributed by atoms with Gasteiger partial charge in [0.05, 0.1) is 0 Å². The van der Waals surface area contributed by atoms with Gasteiger partial charge in [0.1, 0.15) is 12.2 Å². The lowest BCUT2D eigenvalue weighted by Crippen LogP contribution is -2.37. The summed E-state index contributed by atoms with van der Waals surface area (Å²) < 4.78 is 0. The summed E-state index contributed by atoms with van der Waals surface area (Å²) in [4.78, 5) is 18.2. The van der Waals surface area contributed by atoms with E-state index in [4.69, 9.17) is 0 Å². The molecule has 16 heavy (non-hydrogen) atoms. The average molecular weight is 220 g/mol. The molecule has 0 radical (unpaired) electrons. The summed E-state index contributed by atoms with van der Waals surface area (Å²) in [5.74, 6) is 1.94. The first-order chi connectivity index (χ1) is 7.84. The summed E-state index contributed by atoms with van der Waals surface area (Å²) in [5.41, 5.74) is 0. The average Bonchev–Trinajstić information content (AvgIpc) is 2.86. The molecule has 3 rings (SSSR count). The van der Waals surface area contributed by atoms with Gasteiger partial charge in [-0.2, -0.15) is 5.10 Å². The number of rotatable bonds is 2. The monoisotopic (exact) mass is 220 g/mol. The third-order valence-electron chi connectivity index (χ3n) is 3.77. The Morgan fingerprint density at radius 3 is 2.94 bits per heavy atom. The summed E-state index contributed by atoms with van der Waals surface area (Å²) in [6.45, 7) is 1.69. The van der Waals surface area contributed by atoms with Crippen molar-refractivity contribution in [2.24, 2.45) is 5.92 Å². The zero-order valence-corrected chi connectivity index (χ0v) is 9.22. The van der Waals surface area contributed by atoms with Crippen molar-refractivity contribution in [3.05, 3.63) is 12.2 Å². The number of aromatic amines is 1. The van der Waals surface area contributed by atoms with Gasteiger partial charge in [-0.3, -0.25) is 9.89 Å². The van der Waals surface area contributed by atoms with E-state index in [1.807, 2.05) is 4.90 Å². The Labute approximate surface area is 94.2 Å². The molecule has 1 unspecified atom stereocenters. The number of aromatic nitrogens is 3. The van der Waals surface area contributed by atoms with Crippen molar-refractivity contribution in [3.63, 3.8) is 0 Å². The smallest absolute Gasteiger partial charge is 0.225 e. The number of amides is 1. The lowest BCUT2D eigenvalue weighted by atomic mass is 9.84. The Morgan fingerprint density at radius 2 is 2.31 bits per heavy atom. The van der Waals surface area contributed by atoms with Gasteiger partial charge in [-0.05, 0) is 19.3 Å². The summed E-state index contributed by atoms with van der Waals surface area (Å²) >= 11 is 0. The lowest BCUT2D eigenvalue weighted by Gasteiger charge is -2.29. The second-order valence-electron chi connectivity index (χ2n) is 4.77. The standard InChI is InChI=1S/C11H16N4O/c16-11(8-2-1-3-8)15-5-4-9(6-15)10-12-7-13-14-10/h7-9H,1-6H2,(H,12,13,14). The van der Waals surface area contributed by atoms with Crippen LogP contribution in [-0.2, 0) is 4.79 Å². The summed E-state index contributed by atoms with van der Waals surface area (Å²) in [5, 5.41) is 6.76. The number of hydrogen-bond donors (Lipinski definition) is 1. The fourth-order valence-electron chi connectivity index (χ4n) is 2.51. The number of carbonyl (C=O) groups excluding carboxylic acids is 1. The maximum Gasteiger partial charge on any atom is 0.225 e. The highest BCUT2D eigenvalue weighted by Gasteiger charge is 2.34. The molecule has 1 atom stereocenters. The predicted octanol–water partition coefficient (Wildman–Crippen LogP) is 0.921. The Morgan fingerprint density at radius 1 is 1.44 bits per heavy atom. The van der Waals surface area contributed by atoms with Gasteiger partial charge < -0.3 is 4.90 Å². The SMILES string of the molecule is O=C(C1CCC1)N1CCC(c2ncn[nH]2)C1. The lowest BCUT2D eigenvalue weighted by molar-refractivity contribution is -0.137. The maximum absolute atomic E-state index is 12.0. The minimum atomic E-state index is 0.313. The third kappa shape index (κ3) is 1.60. The molecule has 1 saturated heterocycles. The van der Waals surface area contributed by atoms with E-state index < -0.39 is 0 Å². The molecule has 1 saturated carbocycles. The second kappa shape index (κ2) is 3.88. The van der Waals surface area contributed by atoms with E-state index >= 15 is 0 Å². The molecule has 1 aromatic heterocycles. The van der Waals surface area contributed by atoms with Crippen molar-refractivity contribution >= 4 is 5.91 Å². The van der Waals surface area contributed by atoms with E-state index in [-0.39, 0.29) is 0 Å². The Bertz CT molecular complexity index is 371. The van der Waals surface area contributed by atoms with E-state index in [1.165, 1.54) is 12.7 Å². The number of H-pyrrole nitrogens is 1. The van der Waals surface area contributed by atoms with Gasteiger partial charge in [-0.15, -0.1) is 0 Å². The van der Waals surface area contributed by atoms with E-state index in [9.17, 15) is 4.79 Å². The van der Waals surface area contributed by atoms with Crippen LogP contribution in [0, 0.1) is 5.92 Å². The highest BCUT2D eigenvalue weighted by atomic mass is 16.2. The number of nitrogens with one attached hydrogen (secondary N) is 1. The molecule has 0 spiro atoms. The first-order valence-corrected chi connectivity index (χ1v) is 5.98. The number of likely N-dealkylation sites (tertiary alicyclic amines) is 1. The zero-order chi connectivity index (χ0) is 11.0. The first kappa shape index (κ1) is 9.81. The van der Waals surface area contributed by atoms with Gasteiger partial charge in [0.15, 0.2) is 0 Å². The van der Waals surface area contributed by atoms with Crippen LogP contribution >= 0.6 is 0 Å². The predicted molar refractivity (Wildman–Crippen MR) is 57.7 cm³/mol. The topological polar surface area (TPSA) is 61.9 Å². The van der Waals surface area contributed by atoms with Crippen molar-refractivity contribution in [1.29, 1.82) is 0 Å². The molecule has 1 aliphatic heterocycles. The Balaban J connectivity index is 1.62. The van der Waals surface area contributed by atoms with Crippen molar-refractivity contribution in [2.75, 3.05) is 13.1 Å². The van der Waals surface area contributed by atoms with Gasteiger partial charge >= 0.3 is 0 Å². The van der Waals surface area contributed by atoms with E-state index in [0.29, 0.717) is 17.7 Å². The quantitative estimate of drug-likeness (QED) is 0.806. The number of nitrogens with zero attached hydrogens (tertiary/aromatic N) is 3. The van der Waals surface area contributed by atoms with Gasteiger partial charge in [-0.1, -0.05) is 6.42 Å². The van der Waals surface area contributed by atoms with Crippen molar-refractivity contribution in [1.82, 2.24) is 20.1 Å². The molecule has 86 valence electrons. The fourth-order valence-corrected chi connectivity index (χ4v) is 2.51. The minimum absolute atomic E-state index is 0.313. The summed E-state index contributed by atoms with van der Waals surface area (Å²) in [7, 11) is 0. The molecule has 0 aromatic carbocycles. The van der Waals surface area contributed by atoms with Crippen molar-refractivity contribution < 1.29 is 4.79 Å². The summed E-state index contributed by atoms with van der Waals surface area (Å²) in [6, 6.07) is 0. The Hall–Kier alpha value is -1.39. The highest BCUT2D eigenvalue weighted by Crippen LogP contribution is 2.32. The largest absolute Gasteiger partial charge is 0.342 e. The highest BCUT2D eigenvalue weighted by molar-refractivity contribution is 5.79. The van der Waals surface area contributed by atoms with Gasteiger partial charge in [0.25, 0.3) is 0 Å². The molecule has 1 amide bonds. The zero-order valence-electron chi connectivity index (χ0n) is 9.22. The van der Waals surface area contributed by atoms with Crippen molar-refractivity contribution in [3.8, 4) is 0 Å². The van der Waals surface area contributed by atoms with Crippen LogP contribution in [0.2, 0.25) is 0 Å². The third-order valence-corrected chi connectivity index (χ3v) is 3.77. The van der Waals surface area contributed by atoms with E-state index in [1.54, 1.807) is 0 Å². The molecule has 2 fully saturated rings. The van der Waals surface area contributed by atoms with Crippen LogP contribution in [0.25, 0.3) is 0 Å². The minimum Gasteiger partial charge on any atom is -0.342 e. The van der Waals surface area contributed by atoms with Gasteiger partial charge in [0.2, 0.25) is 5.91 Å². The number of hydrogen-bond acceptors (Lipinski definition) is 3. The van der Waals surface area contributed by atoms with Crippen molar-refractivity contribution in [2.45, 2.75) is 31.6 Å². The fraction of sp³-hybridized carbons (Fsp3) is 0.727. The Kier molecular flexibility index (Phi) is 2.38. The van der Waals surface area contributed by atoms with E-state index in [0.717, 1.165) is 38.2 Å². The second-order valence-corrected chi connectivity index (χ2v) is 4.77. The first-order valence-electron chi connectivity index (χ1n) is 5.98. The molecular formula is C11H16N4O. The maximum atomic E-state index is 12.0.